The van der Waals surface area contributed by atoms with Gasteiger partial charge < -0.3 is 10.6 Å². The molecule has 1 unspecified atom stereocenters. The number of carbonyl (C=O) groups is 2. The Morgan fingerprint density at radius 1 is 1.52 bits per heavy atom. The minimum atomic E-state index is -0.284. The van der Waals surface area contributed by atoms with Crippen molar-refractivity contribution in [2.24, 2.45) is 13.0 Å². The van der Waals surface area contributed by atoms with Crippen LogP contribution in [0.2, 0.25) is 0 Å². The van der Waals surface area contributed by atoms with Gasteiger partial charge in [-0.1, -0.05) is 11.4 Å². The first-order valence-electron chi connectivity index (χ1n) is 6.44. The van der Waals surface area contributed by atoms with Crippen LogP contribution in [0.3, 0.4) is 0 Å². The van der Waals surface area contributed by atoms with Crippen molar-refractivity contribution in [2.45, 2.75) is 20.3 Å². The number of fused-ring (bicyclic) bond motifs is 1. The summed E-state index contributed by atoms with van der Waals surface area (Å²) in [6, 6.07) is 0. The van der Waals surface area contributed by atoms with E-state index in [0.717, 1.165) is 17.1 Å². The Balaban J connectivity index is 1.91. The maximum Gasteiger partial charge on any atom is 0.270 e. The molecule has 0 saturated carbocycles. The van der Waals surface area contributed by atoms with Crippen LogP contribution in [0.4, 0.5) is 11.6 Å². The summed E-state index contributed by atoms with van der Waals surface area (Å²) in [5, 5.41) is 13.7. The van der Waals surface area contributed by atoms with Crippen molar-refractivity contribution in [3.63, 3.8) is 0 Å². The zero-order valence-corrected chi connectivity index (χ0v) is 12.6. The molecule has 1 aliphatic heterocycles. The predicted octanol–water partition coefficient (Wildman–Crippen LogP) is 0.963. The zero-order valence-electron chi connectivity index (χ0n) is 11.8. The number of aromatic nitrogens is 4. The monoisotopic (exact) mass is 306 g/mol. The summed E-state index contributed by atoms with van der Waals surface area (Å²) in [4.78, 5) is 24.4. The van der Waals surface area contributed by atoms with Crippen molar-refractivity contribution in [1.82, 2.24) is 19.4 Å². The molecule has 3 heterocycles. The third-order valence-corrected chi connectivity index (χ3v) is 4.26. The summed E-state index contributed by atoms with van der Waals surface area (Å²) >= 11 is 1.04. The molecule has 1 aliphatic rings. The number of hydrogen-bond donors (Lipinski definition) is 2. The maximum atomic E-state index is 12.2. The highest BCUT2D eigenvalue weighted by molar-refractivity contribution is 7.08. The van der Waals surface area contributed by atoms with Crippen molar-refractivity contribution in [1.29, 1.82) is 0 Å². The highest BCUT2D eigenvalue weighted by atomic mass is 32.1. The van der Waals surface area contributed by atoms with Gasteiger partial charge in [-0.3, -0.25) is 14.3 Å². The lowest BCUT2D eigenvalue weighted by molar-refractivity contribution is -0.119. The van der Waals surface area contributed by atoms with Gasteiger partial charge in [-0.05, 0) is 24.9 Å². The molecule has 8 nitrogen and oxygen atoms in total. The highest BCUT2D eigenvalue weighted by Gasteiger charge is 2.29. The molecule has 0 bridgehead atoms. The number of rotatable bonds is 2. The van der Waals surface area contributed by atoms with E-state index in [9.17, 15) is 9.59 Å². The van der Waals surface area contributed by atoms with Gasteiger partial charge in [-0.2, -0.15) is 5.10 Å². The van der Waals surface area contributed by atoms with Crippen LogP contribution in [0, 0.1) is 12.8 Å². The second kappa shape index (κ2) is 4.92. The standard InChI is InChI=1S/C12H14N6O2S/c1-5-4-7-9(16-18(3)10(7)14-11(5)19)13-12(20)8-6(2)15-17-21-8/h5H,4H2,1-3H3,(H,14,19)(H,13,16,20). The molecule has 0 aromatic carbocycles. The molecule has 2 N–H and O–H groups in total. The van der Waals surface area contributed by atoms with E-state index in [0.29, 0.717) is 28.6 Å². The van der Waals surface area contributed by atoms with Gasteiger partial charge in [0.15, 0.2) is 5.82 Å². The fourth-order valence-corrected chi connectivity index (χ4v) is 2.81. The first kappa shape index (κ1) is 13.7. The largest absolute Gasteiger partial charge is 0.310 e. The van der Waals surface area contributed by atoms with E-state index >= 15 is 0 Å². The summed E-state index contributed by atoms with van der Waals surface area (Å²) in [6.07, 6.45) is 0.546. The van der Waals surface area contributed by atoms with Gasteiger partial charge in [0.25, 0.3) is 5.91 Å². The van der Waals surface area contributed by atoms with E-state index in [1.54, 1.807) is 18.7 Å². The van der Waals surface area contributed by atoms with Crippen LogP contribution >= 0.6 is 11.5 Å². The molecule has 110 valence electrons. The first-order chi connectivity index (χ1) is 9.97. The molecule has 0 spiro atoms. The summed E-state index contributed by atoms with van der Waals surface area (Å²) in [5.74, 6) is 0.632. The molecule has 0 fully saturated rings. The molecule has 0 saturated heterocycles. The molecule has 1 atom stereocenters. The first-order valence-corrected chi connectivity index (χ1v) is 7.21. The Bertz CT molecular complexity index is 734. The molecule has 0 radical (unpaired) electrons. The minimum Gasteiger partial charge on any atom is -0.310 e. The summed E-state index contributed by atoms with van der Waals surface area (Å²) < 4.78 is 5.31. The summed E-state index contributed by atoms with van der Waals surface area (Å²) in [6.45, 7) is 3.57. The quantitative estimate of drug-likeness (QED) is 0.860. The third kappa shape index (κ3) is 2.29. The molecular formula is C12H14N6O2S. The van der Waals surface area contributed by atoms with Gasteiger partial charge in [0.05, 0.1) is 5.69 Å². The van der Waals surface area contributed by atoms with Crippen molar-refractivity contribution in [3.05, 3.63) is 16.1 Å². The molecule has 9 heteroatoms. The number of hydrogen-bond acceptors (Lipinski definition) is 6. The number of anilines is 2. The van der Waals surface area contributed by atoms with Gasteiger partial charge in [0.2, 0.25) is 5.91 Å². The number of nitrogens with one attached hydrogen (secondary N) is 2. The number of aryl methyl sites for hydroxylation is 2. The molecule has 2 amide bonds. The van der Waals surface area contributed by atoms with Crippen molar-refractivity contribution in [3.8, 4) is 0 Å². The summed E-state index contributed by atoms with van der Waals surface area (Å²) in [5.41, 5.74) is 1.43. The van der Waals surface area contributed by atoms with Crippen molar-refractivity contribution >= 4 is 35.0 Å². The third-order valence-electron chi connectivity index (χ3n) is 3.43. The van der Waals surface area contributed by atoms with E-state index in [2.05, 4.69) is 25.3 Å². The Morgan fingerprint density at radius 3 is 2.95 bits per heavy atom. The lowest BCUT2D eigenvalue weighted by Gasteiger charge is -2.19. The maximum absolute atomic E-state index is 12.2. The fourth-order valence-electron chi connectivity index (χ4n) is 2.26. The van der Waals surface area contributed by atoms with Gasteiger partial charge in [0, 0.05) is 18.5 Å². The second-order valence-electron chi connectivity index (χ2n) is 5.04. The van der Waals surface area contributed by atoms with E-state index < -0.39 is 0 Å². The van der Waals surface area contributed by atoms with E-state index in [4.69, 9.17) is 0 Å². The van der Waals surface area contributed by atoms with Crippen LogP contribution in [-0.2, 0) is 18.3 Å². The molecule has 2 aromatic heterocycles. The second-order valence-corrected chi connectivity index (χ2v) is 5.79. The van der Waals surface area contributed by atoms with Crippen LogP contribution in [0.5, 0.6) is 0 Å². The average Bonchev–Trinajstić information content (AvgIpc) is 2.97. The Labute approximate surface area is 124 Å². The Hall–Kier alpha value is -2.29. The topological polar surface area (TPSA) is 102 Å². The normalized spacial score (nSPS) is 17.3. The smallest absolute Gasteiger partial charge is 0.270 e. The average molecular weight is 306 g/mol. The van der Waals surface area contributed by atoms with Gasteiger partial charge in [-0.15, -0.1) is 5.10 Å². The number of nitrogens with zero attached hydrogens (tertiary/aromatic N) is 4. The zero-order chi connectivity index (χ0) is 15.1. The molecule has 3 rings (SSSR count). The molecular weight excluding hydrogens is 292 g/mol. The van der Waals surface area contributed by atoms with Gasteiger partial charge in [0.1, 0.15) is 10.7 Å². The Morgan fingerprint density at radius 2 is 2.29 bits per heavy atom. The van der Waals surface area contributed by atoms with Crippen molar-refractivity contribution in [2.75, 3.05) is 10.6 Å². The molecule has 21 heavy (non-hydrogen) atoms. The molecule has 2 aromatic rings. The number of amides is 2. The lowest BCUT2D eigenvalue weighted by Crippen LogP contribution is -2.28. The van der Waals surface area contributed by atoms with E-state index in [-0.39, 0.29) is 17.7 Å². The van der Waals surface area contributed by atoms with Gasteiger partial charge in [-0.25, -0.2) is 0 Å². The van der Waals surface area contributed by atoms with Crippen LogP contribution < -0.4 is 10.6 Å². The minimum absolute atomic E-state index is 0.0362. The van der Waals surface area contributed by atoms with E-state index in [1.807, 2.05) is 6.92 Å². The summed E-state index contributed by atoms with van der Waals surface area (Å²) in [7, 11) is 1.73. The van der Waals surface area contributed by atoms with Crippen molar-refractivity contribution < 1.29 is 9.59 Å². The SMILES string of the molecule is Cc1nnsc1C(=O)Nc1nn(C)c2c1CC(C)C(=O)N2. The van der Waals surface area contributed by atoms with Gasteiger partial charge >= 0.3 is 0 Å². The number of carbonyl (C=O) groups excluding carboxylic acids is 2. The molecule has 0 aliphatic carbocycles. The fraction of sp³-hybridized carbons (Fsp3) is 0.417. The van der Waals surface area contributed by atoms with Crippen LogP contribution in [-0.4, -0.2) is 31.2 Å². The van der Waals surface area contributed by atoms with E-state index in [1.165, 1.54) is 0 Å². The predicted molar refractivity (Wildman–Crippen MR) is 77.3 cm³/mol. The van der Waals surface area contributed by atoms with Crippen LogP contribution in [0.15, 0.2) is 0 Å². The Kier molecular flexibility index (Phi) is 3.20. The lowest BCUT2D eigenvalue weighted by atomic mass is 9.98. The van der Waals surface area contributed by atoms with Crippen LogP contribution in [0.1, 0.15) is 27.9 Å². The highest BCUT2D eigenvalue weighted by Crippen LogP contribution is 2.31. The van der Waals surface area contributed by atoms with Crippen LogP contribution in [0.25, 0.3) is 0 Å².